The zero-order valence-electron chi connectivity index (χ0n) is 17.8. The molecule has 0 bridgehead atoms. The van der Waals surface area contributed by atoms with Gasteiger partial charge in [-0.1, -0.05) is 24.6 Å². The van der Waals surface area contributed by atoms with Crippen molar-refractivity contribution in [3.05, 3.63) is 75.4 Å². The molecule has 1 aromatic heterocycles. The number of hydrogen-bond donors (Lipinski definition) is 2. The third-order valence-corrected chi connectivity index (χ3v) is 6.62. The van der Waals surface area contributed by atoms with Gasteiger partial charge in [-0.05, 0) is 60.5 Å². The van der Waals surface area contributed by atoms with Gasteiger partial charge in [0.05, 0.1) is 16.3 Å². The van der Waals surface area contributed by atoms with E-state index >= 15 is 0 Å². The molecule has 6 nitrogen and oxygen atoms in total. The summed E-state index contributed by atoms with van der Waals surface area (Å²) in [6, 6.07) is 16.1. The van der Waals surface area contributed by atoms with Gasteiger partial charge in [-0.25, -0.2) is 0 Å². The Balaban J connectivity index is 1.44. The van der Waals surface area contributed by atoms with E-state index < -0.39 is 0 Å². The summed E-state index contributed by atoms with van der Waals surface area (Å²) in [5.74, 6) is -0.388. The summed E-state index contributed by atoms with van der Waals surface area (Å²) in [6.07, 6.45) is 0. The van der Waals surface area contributed by atoms with Crippen LogP contribution in [0.3, 0.4) is 0 Å². The van der Waals surface area contributed by atoms with Gasteiger partial charge >= 0.3 is 0 Å². The van der Waals surface area contributed by atoms with Crippen molar-refractivity contribution < 1.29 is 9.59 Å². The van der Waals surface area contributed by atoms with Crippen LogP contribution in [0.15, 0.2) is 60.0 Å². The lowest BCUT2D eigenvalue weighted by atomic mass is 10.1. The molecule has 32 heavy (non-hydrogen) atoms. The molecule has 0 saturated carbocycles. The number of thiophene rings is 1. The van der Waals surface area contributed by atoms with Gasteiger partial charge in [0.2, 0.25) is 0 Å². The van der Waals surface area contributed by atoms with Crippen molar-refractivity contribution in [2.45, 2.75) is 6.92 Å². The standard InChI is InChI=1S/C24H25ClN4O2S/c1-2-28-11-13-29(14-12-28)21-10-7-18(25)16-20(21)27-23(30)17-5-8-19(9-6-17)26-24(31)22-4-3-15-32-22/h3-10,15-16H,2,11-14H2,1H3,(H,26,31)(H,27,30). The molecule has 1 saturated heterocycles. The summed E-state index contributed by atoms with van der Waals surface area (Å²) in [5.41, 5.74) is 2.80. The molecule has 0 unspecified atom stereocenters. The second-order valence-electron chi connectivity index (χ2n) is 7.55. The molecule has 2 N–H and O–H groups in total. The molecule has 1 aliphatic heterocycles. The number of benzene rings is 2. The highest BCUT2D eigenvalue weighted by Gasteiger charge is 2.20. The van der Waals surface area contributed by atoms with E-state index in [0.717, 1.165) is 38.4 Å². The van der Waals surface area contributed by atoms with Crippen molar-refractivity contribution in [1.29, 1.82) is 0 Å². The Morgan fingerprint density at radius 1 is 0.969 bits per heavy atom. The van der Waals surface area contributed by atoms with Gasteiger partial charge in [-0.3, -0.25) is 9.59 Å². The Labute approximate surface area is 196 Å². The van der Waals surface area contributed by atoms with Crippen molar-refractivity contribution in [2.75, 3.05) is 48.3 Å². The highest BCUT2D eigenvalue weighted by molar-refractivity contribution is 7.12. The molecule has 3 aromatic rings. The van der Waals surface area contributed by atoms with Crippen LogP contribution in [0.2, 0.25) is 5.02 Å². The first kappa shape index (κ1) is 22.3. The first-order chi connectivity index (χ1) is 15.5. The average molecular weight is 469 g/mol. The molecule has 166 valence electrons. The number of rotatable bonds is 6. The minimum atomic E-state index is -0.225. The lowest BCUT2D eigenvalue weighted by molar-refractivity contribution is 0.102. The predicted molar refractivity (Wildman–Crippen MR) is 132 cm³/mol. The van der Waals surface area contributed by atoms with Crippen molar-refractivity contribution in [3.8, 4) is 0 Å². The fourth-order valence-electron chi connectivity index (χ4n) is 3.69. The molecule has 2 amide bonds. The van der Waals surface area contributed by atoms with Crippen molar-refractivity contribution in [1.82, 2.24) is 4.90 Å². The molecule has 2 heterocycles. The molecule has 8 heteroatoms. The van der Waals surface area contributed by atoms with Crippen LogP contribution in [0.5, 0.6) is 0 Å². The number of likely N-dealkylation sites (N-methyl/N-ethyl adjacent to an activating group) is 1. The number of anilines is 3. The minimum absolute atomic E-state index is 0.163. The van der Waals surface area contributed by atoms with Gasteiger partial charge in [0.1, 0.15) is 0 Å². The molecule has 0 spiro atoms. The van der Waals surface area contributed by atoms with E-state index in [1.165, 1.54) is 11.3 Å². The number of carbonyl (C=O) groups is 2. The molecular formula is C24H25ClN4O2S. The SMILES string of the molecule is CCN1CCN(c2ccc(Cl)cc2NC(=O)c2ccc(NC(=O)c3cccs3)cc2)CC1. The highest BCUT2D eigenvalue weighted by Crippen LogP contribution is 2.30. The summed E-state index contributed by atoms with van der Waals surface area (Å²) in [7, 11) is 0. The number of nitrogens with zero attached hydrogens (tertiary/aromatic N) is 2. The molecule has 0 radical (unpaired) electrons. The lowest BCUT2D eigenvalue weighted by Crippen LogP contribution is -2.46. The van der Waals surface area contributed by atoms with E-state index in [1.54, 1.807) is 36.4 Å². The quantitative estimate of drug-likeness (QED) is 0.531. The van der Waals surface area contributed by atoms with E-state index in [4.69, 9.17) is 11.6 Å². The van der Waals surface area contributed by atoms with E-state index in [1.807, 2.05) is 23.6 Å². The zero-order chi connectivity index (χ0) is 22.5. The summed E-state index contributed by atoms with van der Waals surface area (Å²) in [6.45, 7) is 6.99. The fourth-order valence-corrected chi connectivity index (χ4v) is 4.48. The Bertz CT molecular complexity index is 1080. The Kier molecular flexibility index (Phi) is 7.09. The van der Waals surface area contributed by atoms with Gasteiger partial charge in [0, 0.05) is 42.5 Å². The summed E-state index contributed by atoms with van der Waals surface area (Å²) in [4.78, 5) is 30.4. The second-order valence-corrected chi connectivity index (χ2v) is 8.93. The third kappa shape index (κ3) is 5.30. The molecule has 2 aromatic carbocycles. The van der Waals surface area contributed by atoms with Gasteiger partial charge in [-0.2, -0.15) is 0 Å². The van der Waals surface area contributed by atoms with Crippen LogP contribution in [0.1, 0.15) is 27.0 Å². The minimum Gasteiger partial charge on any atom is -0.367 e. The summed E-state index contributed by atoms with van der Waals surface area (Å²) >= 11 is 7.61. The Morgan fingerprint density at radius 2 is 1.72 bits per heavy atom. The first-order valence-electron chi connectivity index (χ1n) is 10.6. The number of amides is 2. The van der Waals surface area contributed by atoms with Crippen LogP contribution in [-0.4, -0.2) is 49.4 Å². The van der Waals surface area contributed by atoms with Gasteiger partial charge in [0.15, 0.2) is 0 Å². The summed E-state index contributed by atoms with van der Waals surface area (Å²) < 4.78 is 0. The lowest BCUT2D eigenvalue weighted by Gasteiger charge is -2.36. The topological polar surface area (TPSA) is 64.7 Å². The van der Waals surface area contributed by atoms with Crippen molar-refractivity contribution >= 4 is 51.8 Å². The van der Waals surface area contributed by atoms with Crippen molar-refractivity contribution in [2.24, 2.45) is 0 Å². The average Bonchev–Trinajstić information content (AvgIpc) is 3.35. The van der Waals surface area contributed by atoms with Crippen LogP contribution >= 0.6 is 22.9 Å². The van der Waals surface area contributed by atoms with Gasteiger partial charge in [0.25, 0.3) is 11.8 Å². The van der Waals surface area contributed by atoms with Gasteiger partial charge < -0.3 is 20.4 Å². The molecule has 1 fully saturated rings. The normalized spacial score (nSPS) is 14.2. The fraction of sp³-hybridized carbons (Fsp3) is 0.250. The number of nitrogens with one attached hydrogen (secondary N) is 2. The number of hydrogen-bond acceptors (Lipinski definition) is 5. The van der Waals surface area contributed by atoms with Crippen LogP contribution in [0.4, 0.5) is 17.1 Å². The largest absolute Gasteiger partial charge is 0.367 e. The van der Waals surface area contributed by atoms with E-state index in [9.17, 15) is 9.59 Å². The maximum atomic E-state index is 12.9. The molecular weight excluding hydrogens is 444 g/mol. The van der Waals surface area contributed by atoms with E-state index in [0.29, 0.717) is 26.8 Å². The Morgan fingerprint density at radius 3 is 2.38 bits per heavy atom. The smallest absolute Gasteiger partial charge is 0.265 e. The number of halogens is 1. The molecule has 4 rings (SSSR count). The maximum Gasteiger partial charge on any atom is 0.265 e. The Hall–Kier alpha value is -2.87. The second kappa shape index (κ2) is 10.2. The summed E-state index contributed by atoms with van der Waals surface area (Å²) in [5, 5.41) is 8.28. The number of piperazine rings is 1. The predicted octanol–water partition coefficient (Wildman–Crippen LogP) is 5.05. The maximum absolute atomic E-state index is 12.9. The van der Waals surface area contributed by atoms with Crippen LogP contribution < -0.4 is 15.5 Å². The molecule has 0 atom stereocenters. The first-order valence-corrected chi connectivity index (χ1v) is 11.8. The zero-order valence-corrected chi connectivity index (χ0v) is 19.4. The van der Waals surface area contributed by atoms with Crippen molar-refractivity contribution in [3.63, 3.8) is 0 Å². The van der Waals surface area contributed by atoms with Crippen LogP contribution in [0.25, 0.3) is 0 Å². The number of carbonyl (C=O) groups excluding carboxylic acids is 2. The molecule has 0 aliphatic carbocycles. The van der Waals surface area contributed by atoms with Gasteiger partial charge in [-0.15, -0.1) is 11.3 Å². The highest BCUT2D eigenvalue weighted by atomic mass is 35.5. The van der Waals surface area contributed by atoms with E-state index in [2.05, 4.69) is 27.4 Å². The van der Waals surface area contributed by atoms with Crippen LogP contribution in [0, 0.1) is 0 Å². The molecule has 1 aliphatic rings. The van der Waals surface area contributed by atoms with Crippen LogP contribution in [-0.2, 0) is 0 Å². The third-order valence-electron chi connectivity index (χ3n) is 5.52. The monoisotopic (exact) mass is 468 g/mol. The van der Waals surface area contributed by atoms with E-state index in [-0.39, 0.29) is 11.8 Å².